The fourth-order valence-corrected chi connectivity index (χ4v) is 3.75. The highest BCUT2D eigenvalue weighted by atomic mass is 16.5. The largest absolute Gasteiger partial charge is 0.393 e. The molecule has 6 nitrogen and oxygen atoms in total. The van der Waals surface area contributed by atoms with E-state index >= 15 is 0 Å². The van der Waals surface area contributed by atoms with Crippen molar-refractivity contribution in [1.82, 2.24) is 10.2 Å². The molecule has 2 fully saturated rings. The minimum atomic E-state index is -0.475. The number of nitrogens with one attached hydrogen (secondary N) is 1. The molecular weight excluding hydrogens is 330 g/mol. The summed E-state index contributed by atoms with van der Waals surface area (Å²) < 4.78 is 5.37. The van der Waals surface area contributed by atoms with Crippen LogP contribution in [0.25, 0.3) is 0 Å². The number of nitrogens with two attached hydrogens (primary N) is 1. The molecule has 0 unspecified atom stereocenters. The van der Waals surface area contributed by atoms with Crippen LogP contribution in [-0.4, -0.2) is 54.9 Å². The van der Waals surface area contributed by atoms with E-state index in [1.165, 1.54) is 5.56 Å². The Kier molecular flexibility index (Phi) is 6.64. The smallest absolute Gasteiger partial charge is 0.227 e. The highest BCUT2D eigenvalue weighted by Gasteiger charge is 2.38. The summed E-state index contributed by atoms with van der Waals surface area (Å²) in [6.07, 6.45) is 2.97. The van der Waals surface area contributed by atoms with Crippen molar-refractivity contribution in [3.05, 3.63) is 35.4 Å². The van der Waals surface area contributed by atoms with Crippen LogP contribution in [0, 0.1) is 5.41 Å². The van der Waals surface area contributed by atoms with Gasteiger partial charge in [0.2, 0.25) is 5.91 Å². The summed E-state index contributed by atoms with van der Waals surface area (Å²) >= 11 is 0. The number of nitrogens with zero attached hydrogens (tertiary/aromatic N) is 1. The Labute approximate surface area is 155 Å². The van der Waals surface area contributed by atoms with Gasteiger partial charge in [-0.1, -0.05) is 24.3 Å². The van der Waals surface area contributed by atoms with Crippen LogP contribution < -0.4 is 11.1 Å². The van der Waals surface area contributed by atoms with E-state index < -0.39 is 5.41 Å². The molecule has 0 aliphatic carbocycles. The Hall–Kier alpha value is -1.47. The number of likely N-dealkylation sites (tertiary alicyclic amines) is 1. The van der Waals surface area contributed by atoms with Crippen LogP contribution in [0.3, 0.4) is 0 Å². The zero-order chi connectivity index (χ0) is 18.4. The molecule has 144 valence electrons. The second-order valence-corrected chi connectivity index (χ2v) is 7.60. The summed E-state index contributed by atoms with van der Waals surface area (Å²) in [5.74, 6) is 0.0410. The van der Waals surface area contributed by atoms with Crippen molar-refractivity contribution in [2.75, 3.05) is 32.8 Å². The second-order valence-electron chi connectivity index (χ2n) is 7.60. The van der Waals surface area contributed by atoms with Crippen molar-refractivity contribution >= 4 is 5.91 Å². The topological polar surface area (TPSA) is 87.8 Å². The van der Waals surface area contributed by atoms with Crippen LogP contribution >= 0.6 is 0 Å². The van der Waals surface area contributed by atoms with E-state index in [0.717, 1.165) is 38.0 Å². The number of aliphatic hydroxyl groups is 1. The fourth-order valence-electron chi connectivity index (χ4n) is 3.75. The third-order valence-corrected chi connectivity index (χ3v) is 5.76. The number of carbonyl (C=O) groups is 1. The normalized spacial score (nSPS) is 21.5. The number of carbonyl (C=O) groups excluding carboxylic acids is 1. The predicted octanol–water partition coefficient (Wildman–Crippen LogP) is 1.01. The summed E-state index contributed by atoms with van der Waals surface area (Å²) in [4.78, 5) is 15.0. The van der Waals surface area contributed by atoms with Gasteiger partial charge in [0.1, 0.15) is 0 Å². The van der Waals surface area contributed by atoms with Crippen LogP contribution in [0.15, 0.2) is 24.3 Å². The molecule has 6 heteroatoms. The first kappa shape index (κ1) is 19.3. The van der Waals surface area contributed by atoms with E-state index in [-0.39, 0.29) is 12.0 Å². The van der Waals surface area contributed by atoms with Gasteiger partial charge in [0.15, 0.2) is 0 Å². The standard InChI is InChI=1S/C20H31N3O3/c21-15-20(7-11-26-12-8-20)19(25)22-13-16-1-3-17(4-2-16)14-23-9-5-18(24)6-10-23/h1-4,18,24H,5-15,21H2,(H,22,25). The molecular formula is C20H31N3O3. The van der Waals surface area contributed by atoms with E-state index in [4.69, 9.17) is 10.5 Å². The monoisotopic (exact) mass is 361 g/mol. The van der Waals surface area contributed by atoms with Gasteiger partial charge < -0.3 is 20.9 Å². The van der Waals surface area contributed by atoms with Gasteiger partial charge in [0.25, 0.3) is 0 Å². The van der Waals surface area contributed by atoms with Crippen molar-refractivity contribution in [3.63, 3.8) is 0 Å². The third kappa shape index (κ3) is 4.82. The number of hydrogen-bond donors (Lipinski definition) is 3. The molecule has 0 atom stereocenters. The van der Waals surface area contributed by atoms with E-state index in [1.807, 2.05) is 0 Å². The lowest BCUT2D eigenvalue weighted by Crippen LogP contribution is -2.48. The first-order chi connectivity index (χ1) is 12.6. The Bertz CT molecular complexity index is 576. The molecule has 0 radical (unpaired) electrons. The molecule has 0 saturated carbocycles. The summed E-state index contributed by atoms with van der Waals surface area (Å²) in [5.41, 5.74) is 7.77. The maximum absolute atomic E-state index is 12.6. The molecule has 1 aromatic rings. The lowest BCUT2D eigenvalue weighted by atomic mass is 9.79. The second kappa shape index (κ2) is 8.95. The molecule has 2 saturated heterocycles. The highest BCUT2D eigenvalue weighted by Crippen LogP contribution is 2.29. The number of aliphatic hydroxyl groups excluding tert-OH is 1. The number of hydrogen-bond acceptors (Lipinski definition) is 5. The molecule has 26 heavy (non-hydrogen) atoms. The molecule has 2 heterocycles. The van der Waals surface area contributed by atoms with Crippen LogP contribution in [0.1, 0.15) is 36.8 Å². The van der Waals surface area contributed by atoms with Gasteiger partial charge in [-0.3, -0.25) is 9.69 Å². The van der Waals surface area contributed by atoms with Gasteiger partial charge in [-0.15, -0.1) is 0 Å². The van der Waals surface area contributed by atoms with Crippen LogP contribution in [0.4, 0.5) is 0 Å². The van der Waals surface area contributed by atoms with Gasteiger partial charge in [-0.05, 0) is 36.8 Å². The number of amides is 1. The van der Waals surface area contributed by atoms with Crippen molar-refractivity contribution < 1.29 is 14.6 Å². The Morgan fingerprint density at radius 2 is 1.81 bits per heavy atom. The quantitative estimate of drug-likeness (QED) is 0.704. The summed E-state index contributed by atoms with van der Waals surface area (Å²) in [6.45, 7) is 4.91. The average Bonchev–Trinajstić information content (AvgIpc) is 2.69. The van der Waals surface area contributed by atoms with Gasteiger partial charge in [-0.25, -0.2) is 0 Å². The van der Waals surface area contributed by atoms with E-state index in [0.29, 0.717) is 39.1 Å². The Morgan fingerprint density at radius 3 is 2.42 bits per heavy atom. The van der Waals surface area contributed by atoms with Crippen LogP contribution in [0.5, 0.6) is 0 Å². The molecule has 0 bridgehead atoms. The third-order valence-electron chi connectivity index (χ3n) is 5.76. The number of benzene rings is 1. The van der Waals surface area contributed by atoms with Crippen molar-refractivity contribution in [2.24, 2.45) is 11.1 Å². The molecule has 2 aliphatic heterocycles. The Balaban J connectivity index is 1.48. The minimum Gasteiger partial charge on any atom is -0.393 e. The maximum atomic E-state index is 12.6. The first-order valence-electron chi connectivity index (χ1n) is 9.66. The van der Waals surface area contributed by atoms with Crippen molar-refractivity contribution in [1.29, 1.82) is 0 Å². The summed E-state index contributed by atoms with van der Waals surface area (Å²) in [6, 6.07) is 8.40. The maximum Gasteiger partial charge on any atom is 0.227 e. The zero-order valence-electron chi connectivity index (χ0n) is 15.5. The van der Waals surface area contributed by atoms with Crippen molar-refractivity contribution in [2.45, 2.75) is 44.9 Å². The number of ether oxygens (including phenoxy) is 1. The zero-order valence-corrected chi connectivity index (χ0v) is 15.5. The highest BCUT2D eigenvalue weighted by molar-refractivity contribution is 5.83. The molecule has 0 spiro atoms. The lowest BCUT2D eigenvalue weighted by molar-refractivity contribution is -0.136. The van der Waals surface area contributed by atoms with E-state index in [9.17, 15) is 9.90 Å². The summed E-state index contributed by atoms with van der Waals surface area (Å²) in [7, 11) is 0. The van der Waals surface area contributed by atoms with Gasteiger partial charge in [0, 0.05) is 45.9 Å². The van der Waals surface area contributed by atoms with Crippen LogP contribution in [-0.2, 0) is 22.6 Å². The van der Waals surface area contributed by atoms with Gasteiger partial charge in [-0.2, -0.15) is 0 Å². The molecule has 4 N–H and O–H groups in total. The number of rotatable bonds is 6. The molecule has 1 aromatic carbocycles. The van der Waals surface area contributed by atoms with E-state index in [1.54, 1.807) is 0 Å². The lowest BCUT2D eigenvalue weighted by Gasteiger charge is -2.34. The average molecular weight is 361 g/mol. The van der Waals surface area contributed by atoms with Gasteiger partial charge >= 0.3 is 0 Å². The van der Waals surface area contributed by atoms with Crippen LogP contribution in [0.2, 0.25) is 0 Å². The first-order valence-corrected chi connectivity index (χ1v) is 9.66. The minimum absolute atomic E-state index is 0.0410. The fraction of sp³-hybridized carbons (Fsp3) is 0.650. The number of piperidine rings is 1. The predicted molar refractivity (Wildman–Crippen MR) is 100 cm³/mol. The van der Waals surface area contributed by atoms with E-state index in [2.05, 4.69) is 34.5 Å². The SMILES string of the molecule is NCC1(C(=O)NCc2ccc(CN3CCC(O)CC3)cc2)CCOCC1. The van der Waals surface area contributed by atoms with Crippen molar-refractivity contribution in [3.8, 4) is 0 Å². The Morgan fingerprint density at radius 1 is 1.19 bits per heavy atom. The molecule has 2 aliphatic rings. The van der Waals surface area contributed by atoms with Gasteiger partial charge in [0.05, 0.1) is 11.5 Å². The molecule has 3 rings (SSSR count). The summed E-state index contributed by atoms with van der Waals surface area (Å²) in [5, 5.41) is 12.6. The molecule has 1 amide bonds. The molecule has 0 aromatic heterocycles.